The molecule has 0 saturated heterocycles. The highest BCUT2D eigenvalue weighted by molar-refractivity contribution is 7.97. The Labute approximate surface area is 151 Å². The predicted molar refractivity (Wildman–Crippen MR) is 104 cm³/mol. The Balaban J connectivity index is 1.92. The van der Waals surface area contributed by atoms with Crippen LogP contribution in [0.2, 0.25) is 0 Å². The molecule has 25 heavy (non-hydrogen) atoms. The highest BCUT2D eigenvalue weighted by atomic mass is 32.2. The molecule has 2 nitrogen and oxygen atoms in total. The monoisotopic (exact) mass is 346 g/mol. The topological polar surface area (TPSA) is 20.3 Å². The molecule has 1 heterocycles. The molecule has 1 aliphatic heterocycles. The van der Waals surface area contributed by atoms with Crippen LogP contribution >= 0.6 is 0 Å². The first-order valence-corrected chi connectivity index (χ1v) is 9.74. The summed E-state index contributed by atoms with van der Waals surface area (Å²) in [6.07, 6.45) is 0. The minimum absolute atomic E-state index is 0.108. The van der Waals surface area contributed by atoms with Gasteiger partial charge in [0.05, 0.1) is 11.4 Å². The van der Waals surface area contributed by atoms with Crippen molar-refractivity contribution in [1.29, 1.82) is 0 Å². The van der Waals surface area contributed by atoms with Gasteiger partial charge in [0, 0.05) is 12.1 Å². The number of hydrogen-bond donors (Lipinski definition) is 0. The van der Waals surface area contributed by atoms with Crippen LogP contribution in [0.3, 0.4) is 0 Å². The van der Waals surface area contributed by atoms with Crippen molar-refractivity contribution in [1.82, 2.24) is 0 Å². The molecular formula is C22H20NOS+. The van der Waals surface area contributed by atoms with E-state index >= 15 is 0 Å². The zero-order chi connectivity index (χ0) is 17.4. The molecule has 0 bridgehead atoms. The molecule has 0 radical (unpaired) electrons. The summed E-state index contributed by atoms with van der Waals surface area (Å²) in [5.41, 5.74) is 3.33. The quantitative estimate of drug-likeness (QED) is 0.464. The zero-order valence-electron chi connectivity index (χ0n) is 14.4. The van der Waals surface area contributed by atoms with Crippen molar-refractivity contribution in [2.45, 2.75) is 28.5 Å². The normalized spacial score (nSPS) is 13.3. The van der Waals surface area contributed by atoms with Gasteiger partial charge in [0.15, 0.2) is 20.5 Å². The average Bonchev–Trinajstić information content (AvgIpc) is 2.66. The van der Waals surface area contributed by atoms with Crippen molar-refractivity contribution in [2.24, 2.45) is 0 Å². The van der Waals surface area contributed by atoms with Crippen LogP contribution in [0.5, 0.6) is 0 Å². The highest BCUT2D eigenvalue weighted by Gasteiger charge is 2.40. The summed E-state index contributed by atoms with van der Waals surface area (Å²) < 4.78 is 0. The largest absolute Gasteiger partial charge is 0.334 e. The first-order valence-electron chi connectivity index (χ1n) is 8.51. The van der Waals surface area contributed by atoms with Crippen LogP contribution in [0, 0.1) is 0 Å². The van der Waals surface area contributed by atoms with Crippen molar-refractivity contribution < 1.29 is 4.79 Å². The molecule has 0 fully saturated rings. The molecule has 0 amide bonds. The molecule has 3 heteroatoms. The van der Waals surface area contributed by atoms with E-state index in [1.54, 1.807) is 6.92 Å². The molecule has 0 N–H and O–H groups in total. The Morgan fingerprint density at radius 3 is 1.84 bits per heavy atom. The molecule has 0 unspecified atom stereocenters. The van der Waals surface area contributed by atoms with E-state index in [1.807, 2.05) is 12.1 Å². The van der Waals surface area contributed by atoms with E-state index in [0.717, 1.165) is 12.1 Å². The van der Waals surface area contributed by atoms with Crippen LogP contribution in [0.25, 0.3) is 0 Å². The lowest BCUT2D eigenvalue weighted by Crippen LogP contribution is -2.25. The molecule has 3 aromatic carbocycles. The first-order chi connectivity index (χ1) is 12.2. The van der Waals surface area contributed by atoms with Gasteiger partial charge in [-0.3, -0.25) is 4.79 Å². The Morgan fingerprint density at radius 2 is 1.36 bits per heavy atom. The standard InChI is InChI=1S/C22H20NOS/c1-3-23-19-8-4-6-10-21(19)25(22-11-7-5-9-20(22)23)18-14-12-17(13-15-18)16(2)24/h4-15H,3H2,1-2H3/q+1. The van der Waals surface area contributed by atoms with Gasteiger partial charge in [0.25, 0.3) is 0 Å². The molecular weight excluding hydrogens is 326 g/mol. The molecule has 0 aliphatic carbocycles. The van der Waals surface area contributed by atoms with Crippen molar-refractivity contribution in [2.75, 3.05) is 11.4 Å². The Morgan fingerprint density at radius 1 is 0.840 bits per heavy atom. The van der Waals surface area contributed by atoms with Gasteiger partial charge in [-0.2, -0.15) is 0 Å². The summed E-state index contributed by atoms with van der Waals surface area (Å²) in [6.45, 7) is 4.74. The van der Waals surface area contributed by atoms with Crippen LogP contribution in [0.4, 0.5) is 11.4 Å². The zero-order valence-corrected chi connectivity index (χ0v) is 15.2. The molecule has 0 spiro atoms. The van der Waals surface area contributed by atoms with E-state index < -0.39 is 0 Å². The number of fused-ring (bicyclic) bond motifs is 2. The smallest absolute Gasteiger partial charge is 0.190 e. The van der Waals surface area contributed by atoms with Crippen LogP contribution in [0.1, 0.15) is 24.2 Å². The molecule has 4 rings (SSSR count). The number of hydrogen-bond acceptors (Lipinski definition) is 2. The van der Waals surface area contributed by atoms with Crippen molar-refractivity contribution in [3.05, 3.63) is 78.4 Å². The molecule has 0 saturated carbocycles. The second-order valence-corrected chi connectivity index (χ2v) is 8.03. The number of benzene rings is 3. The van der Waals surface area contributed by atoms with E-state index in [-0.39, 0.29) is 16.7 Å². The SMILES string of the molecule is CCN1c2ccccc2[S+](c2ccc(C(C)=O)cc2)c2ccccc21. The second kappa shape index (κ2) is 6.41. The average molecular weight is 346 g/mol. The summed E-state index contributed by atoms with van der Waals surface area (Å²) in [7, 11) is -0.155. The number of para-hydroxylation sites is 2. The van der Waals surface area contributed by atoms with Crippen molar-refractivity contribution in [3.63, 3.8) is 0 Å². The molecule has 124 valence electrons. The summed E-state index contributed by atoms with van der Waals surface area (Å²) in [4.78, 5) is 17.9. The number of Topliss-reactive ketones (excluding diaryl/α,β-unsaturated/α-hetero) is 1. The lowest BCUT2D eigenvalue weighted by atomic mass is 10.2. The highest BCUT2D eigenvalue weighted by Crippen LogP contribution is 2.47. The number of carbonyl (C=O) groups is 1. The van der Waals surface area contributed by atoms with Crippen LogP contribution < -0.4 is 4.90 Å². The van der Waals surface area contributed by atoms with E-state index in [4.69, 9.17) is 0 Å². The minimum atomic E-state index is -0.155. The predicted octanol–water partition coefficient (Wildman–Crippen LogP) is 5.46. The minimum Gasteiger partial charge on any atom is -0.334 e. The molecule has 0 atom stereocenters. The fourth-order valence-electron chi connectivity index (χ4n) is 3.37. The summed E-state index contributed by atoms with van der Waals surface area (Å²) >= 11 is 0. The fourth-order valence-corrected chi connectivity index (χ4v) is 5.73. The third kappa shape index (κ3) is 2.65. The number of nitrogens with zero attached hydrogens (tertiary/aromatic N) is 1. The number of ketones is 1. The van der Waals surface area contributed by atoms with E-state index in [9.17, 15) is 4.79 Å². The van der Waals surface area contributed by atoms with Gasteiger partial charge in [0.2, 0.25) is 0 Å². The maximum Gasteiger partial charge on any atom is 0.190 e. The lowest BCUT2D eigenvalue weighted by molar-refractivity contribution is 0.101. The van der Waals surface area contributed by atoms with Crippen molar-refractivity contribution >= 4 is 28.1 Å². The molecule has 3 aromatic rings. The summed E-state index contributed by atoms with van der Waals surface area (Å²) in [6, 6.07) is 25.4. The van der Waals surface area contributed by atoms with Crippen LogP contribution in [0.15, 0.2) is 87.5 Å². The maximum atomic E-state index is 11.6. The Hall–Kier alpha value is -2.52. The van der Waals surface area contributed by atoms with E-state index in [2.05, 4.69) is 72.5 Å². The van der Waals surface area contributed by atoms with Gasteiger partial charge in [0.1, 0.15) is 10.9 Å². The Bertz CT molecular complexity index is 885. The van der Waals surface area contributed by atoms with E-state index in [1.165, 1.54) is 26.1 Å². The summed E-state index contributed by atoms with van der Waals surface area (Å²) in [5.74, 6) is 0.108. The lowest BCUT2D eigenvalue weighted by Gasteiger charge is -2.30. The van der Waals surface area contributed by atoms with E-state index in [0.29, 0.717) is 0 Å². The van der Waals surface area contributed by atoms with Crippen LogP contribution in [-0.4, -0.2) is 12.3 Å². The fraction of sp³-hybridized carbons (Fsp3) is 0.136. The van der Waals surface area contributed by atoms with Gasteiger partial charge in [-0.25, -0.2) is 0 Å². The summed E-state index contributed by atoms with van der Waals surface area (Å²) in [5, 5.41) is 0. The van der Waals surface area contributed by atoms with Gasteiger partial charge < -0.3 is 4.90 Å². The first kappa shape index (κ1) is 16.0. The number of anilines is 2. The second-order valence-electron chi connectivity index (χ2n) is 6.07. The maximum absolute atomic E-state index is 11.6. The third-order valence-corrected chi connectivity index (χ3v) is 6.88. The van der Waals surface area contributed by atoms with Crippen molar-refractivity contribution in [3.8, 4) is 0 Å². The Kier molecular flexibility index (Phi) is 4.10. The van der Waals surface area contributed by atoms with Gasteiger partial charge in [-0.1, -0.05) is 24.3 Å². The van der Waals surface area contributed by atoms with Gasteiger partial charge in [-0.05, 0) is 62.4 Å². The number of rotatable bonds is 3. The van der Waals surface area contributed by atoms with Gasteiger partial charge >= 0.3 is 0 Å². The third-order valence-electron chi connectivity index (χ3n) is 4.56. The molecule has 0 aromatic heterocycles. The van der Waals surface area contributed by atoms with Gasteiger partial charge in [-0.15, -0.1) is 0 Å². The van der Waals surface area contributed by atoms with Crippen LogP contribution in [-0.2, 0) is 10.9 Å². The number of carbonyl (C=O) groups excluding carboxylic acids is 1. The molecule has 1 aliphatic rings.